The zero-order valence-electron chi connectivity index (χ0n) is 32.3. The molecule has 2 nitrogen and oxygen atoms in total. The van der Waals surface area contributed by atoms with Crippen LogP contribution in [-0.2, 0) is 12.8 Å². The molecule has 4 aliphatic carbocycles. The normalized spacial score (nSPS) is 18.0. The van der Waals surface area contributed by atoms with Crippen molar-refractivity contribution >= 4 is 51.8 Å². The van der Waals surface area contributed by atoms with Gasteiger partial charge in [0.2, 0.25) is 0 Å². The molecule has 4 aliphatic rings. The fraction of sp³-hybridized carbons (Fsp3) is 0.148. The number of hydrogen-bond donors (Lipinski definition) is 0. The van der Waals surface area contributed by atoms with E-state index in [1.54, 1.807) is 5.57 Å². The summed E-state index contributed by atoms with van der Waals surface area (Å²) in [7, 11) is 0. The molecular weight excluding hydrogens is 677 g/mol. The summed E-state index contributed by atoms with van der Waals surface area (Å²) >= 11 is 0. The number of nitrogens with zero attached hydrogens (tertiary/aromatic N) is 2. The van der Waals surface area contributed by atoms with E-state index in [0.29, 0.717) is 11.8 Å². The third-order valence-corrected chi connectivity index (χ3v) is 12.7. The predicted molar refractivity (Wildman–Crippen MR) is 239 cm³/mol. The predicted octanol–water partition coefficient (Wildman–Crippen LogP) is 14.1. The summed E-state index contributed by atoms with van der Waals surface area (Å²) in [5.74, 6) is 0.814. The molecule has 2 heteroatoms. The van der Waals surface area contributed by atoms with E-state index in [-0.39, 0.29) is 0 Å². The Balaban J connectivity index is 1.05. The largest absolute Gasteiger partial charge is 0.313 e. The quantitative estimate of drug-likeness (QED) is 0.168. The van der Waals surface area contributed by atoms with Gasteiger partial charge in [0.15, 0.2) is 0 Å². The van der Waals surface area contributed by atoms with Crippen molar-refractivity contribution < 1.29 is 0 Å². The first-order chi connectivity index (χ1) is 27.6. The lowest BCUT2D eigenvalue weighted by atomic mass is 9.89. The molecule has 270 valence electrons. The molecule has 2 aromatic heterocycles. The minimum absolute atomic E-state index is 0.369. The third-order valence-electron chi connectivity index (χ3n) is 12.7. The zero-order valence-corrected chi connectivity index (χ0v) is 32.3. The second-order valence-electron chi connectivity index (χ2n) is 16.0. The molecule has 56 heavy (non-hydrogen) atoms. The molecule has 0 amide bonds. The maximum absolute atomic E-state index is 2.53. The molecule has 2 heterocycles. The summed E-state index contributed by atoms with van der Waals surface area (Å²) in [6, 6.07) is 39.2. The Morgan fingerprint density at radius 1 is 0.625 bits per heavy atom. The van der Waals surface area contributed by atoms with E-state index in [0.717, 1.165) is 19.3 Å². The Hall–Kier alpha value is -6.38. The van der Waals surface area contributed by atoms with Crippen LogP contribution in [0.15, 0.2) is 145 Å². The Bertz CT molecular complexity index is 2980. The van der Waals surface area contributed by atoms with Gasteiger partial charge in [-0.2, -0.15) is 0 Å². The number of hydrogen-bond acceptors (Lipinski definition) is 0. The second-order valence-corrected chi connectivity index (χ2v) is 16.0. The van der Waals surface area contributed by atoms with E-state index < -0.39 is 0 Å². The van der Waals surface area contributed by atoms with Gasteiger partial charge < -0.3 is 9.13 Å². The first kappa shape index (κ1) is 33.0. The van der Waals surface area contributed by atoms with Crippen LogP contribution < -0.4 is 0 Å². The van der Waals surface area contributed by atoms with Crippen molar-refractivity contribution in [1.29, 1.82) is 0 Å². The highest BCUT2D eigenvalue weighted by molar-refractivity contribution is 6.02. The average molecular weight is 721 g/mol. The van der Waals surface area contributed by atoms with Gasteiger partial charge in [0, 0.05) is 39.2 Å². The van der Waals surface area contributed by atoms with Crippen molar-refractivity contribution in [2.24, 2.45) is 5.92 Å². The Kier molecular flexibility index (Phi) is 7.57. The van der Waals surface area contributed by atoms with Crippen molar-refractivity contribution in [1.82, 2.24) is 9.13 Å². The minimum Gasteiger partial charge on any atom is -0.313 e. The Labute approximate surface area is 329 Å². The summed E-state index contributed by atoms with van der Waals surface area (Å²) in [6.07, 6.45) is 26.2. The Morgan fingerprint density at radius 2 is 1.36 bits per heavy atom. The molecular formula is C54H44N2. The van der Waals surface area contributed by atoms with Crippen LogP contribution in [0.25, 0.3) is 79.7 Å². The summed E-state index contributed by atoms with van der Waals surface area (Å²) in [5, 5.41) is 2.56. The molecule has 2 atom stereocenters. The van der Waals surface area contributed by atoms with Gasteiger partial charge >= 0.3 is 0 Å². The van der Waals surface area contributed by atoms with Gasteiger partial charge in [-0.05, 0) is 138 Å². The topological polar surface area (TPSA) is 9.86 Å². The SMILES string of the molecule is C/C=C\c1c(/C=C\C)n(C2=CC=C3Cc4ccccc4C3C2)c2ccc(-c3ccc4c(c3)c3c(n4-c4ccc5c(c4)-c4ccccc4C5)C=CC(C)C=C3)cc12. The average Bonchev–Trinajstić information content (AvgIpc) is 3.92. The number of rotatable bonds is 5. The molecule has 0 saturated carbocycles. The highest BCUT2D eigenvalue weighted by Gasteiger charge is 2.31. The lowest BCUT2D eigenvalue weighted by molar-refractivity contribution is 0.802. The van der Waals surface area contributed by atoms with Crippen LogP contribution in [0.3, 0.4) is 0 Å². The summed E-state index contributed by atoms with van der Waals surface area (Å²) in [5.41, 5.74) is 22.6. The highest BCUT2D eigenvalue weighted by atomic mass is 15.0. The van der Waals surface area contributed by atoms with Gasteiger partial charge in [-0.15, -0.1) is 0 Å². The number of aromatic nitrogens is 2. The van der Waals surface area contributed by atoms with Crippen LogP contribution in [0.1, 0.15) is 77.9 Å². The standard InChI is InChI=1S/C54H44N2/c1-4-10-45-49-30-35(20-26-53(49)55(51(45)11-5-2)41-22-18-39-28-37-12-6-8-14-43(37)47(39)32-41)36-21-27-54-50(31-36)46-24-16-34(3)17-25-52(46)56(54)42-23-19-40-29-38-13-7-9-15-44(38)48(40)33-42/h4-27,30-31,33-34,47H,28-29,32H2,1-3H3/b10-4-,11-5-. The fourth-order valence-corrected chi connectivity index (χ4v) is 10.1. The third kappa shape index (κ3) is 5.02. The summed E-state index contributed by atoms with van der Waals surface area (Å²) in [6.45, 7) is 6.52. The van der Waals surface area contributed by atoms with Crippen molar-refractivity contribution in [2.45, 2.75) is 46.0 Å². The van der Waals surface area contributed by atoms with Crippen LogP contribution in [0.5, 0.6) is 0 Å². The molecule has 0 radical (unpaired) electrons. The van der Waals surface area contributed by atoms with Crippen LogP contribution in [0.4, 0.5) is 0 Å². The van der Waals surface area contributed by atoms with E-state index in [1.165, 1.54) is 100 Å². The Morgan fingerprint density at radius 3 is 2.20 bits per heavy atom. The molecule has 0 saturated heterocycles. The van der Waals surface area contributed by atoms with E-state index in [2.05, 4.69) is 194 Å². The fourth-order valence-electron chi connectivity index (χ4n) is 10.1. The van der Waals surface area contributed by atoms with E-state index in [4.69, 9.17) is 0 Å². The number of benzene rings is 5. The molecule has 0 spiro atoms. The van der Waals surface area contributed by atoms with Crippen molar-refractivity contribution in [3.63, 3.8) is 0 Å². The molecule has 0 bridgehead atoms. The number of allylic oxidation sites excluding steroid dienone is 8. The summed E-state index contributed by atoms with van der Waals surface area (Å²) in [4.78, 5) is 0. The maximum Gasteiger partial charge on any atom is 0.0541 e. The molecule has 0 fully saturated rings. The smallest absolute Gasteiger partial charge is 0.0541 e. The van der Waals surface area contributed by atoms with Gasteiger partial charge in [0.1, 0.15) is 0 Å². The number of fused-ring (bicyclic) bond motifs is 10. The van der Waals surface area contributed by atoms with E-state index in [9.17, 15) is 0 Å². The van der Waals surface area contributed by atoms with Crippen molar-refractivity contribution in [3.8, 4) is 27.9 Å². The van der Waals surface area contributed by atoms with E-state index >= 15 is 0 Å². The monoisotopic (exact) mass is 720 g/mol. The van der Waals surface area contributed by atoms with Crippen LogP contribution in [0, 0.1) is 5.92 Å². The maximum atomic E-state index is 2.53. The lowest BCUT2D eigenvalue weighted by Crippen LogP contribution is -2.08. The van der Waals surface area contributed by atoms with Crippen LogP contribution in [0.2, 0.25) is 0 Å². The van der Waals surface area contributed by atoms with Crippen molar-refractivity contribution in [3.05, 3.63) is 190 Å². The van der Waals surface area contributed by atoms with Gasteiger partial charge in [0.05, 0.1) is 22.4 Å². The van der Waals surface area contributed by atoms with Crippen molar-refractivity contribution in [2.75, 3.05) is 0 Å². The lowest BCUT2D eigenvalue weighted by Gasteiger charge is -2.23. The molecule has 2 unspecified atom stereocenters. The van der Waals surface area contributed by atoms with Gasteiger partial charge in [-0.1, -0.05) is 122 Å². The van der Waals surface area contributed by atoms with E-state index in [1.807, 2.05) is 0 Å². The molecule has 0 aliphatic heterocycles. The molecule has 7 aromatic rings. The molecule has 5 aromatic carbocycles. The van der Waals surface area contributed by atoms with Crippen LogP contribution in [-0.4, -0.2) is 9.13 Å². The zero-order chi connectivity index (χ0) is 37.5. The highest BCUT2D eigenvalue weighted by Crippen LogP contribution is 2.47. The summed E-state index contributed by atoms with van der Waals surface area (Å²) < 4.78 is 5.00. The molecule has 0 N–H and O–H groups in total. The van der Waals surface area contributed by atoms with Gasteiger partial charge in [-0.3, -0.25) is 0 Å². The van der Waals surface area contributed by atoms with Gasteiger partial charge in [-0.25, -0.2) is 0 Å². The first-order valence-corrected chi connectivity index (χ1v) is 20.3. The first-order valence-electron chi connectivity index (χ1n) is 20.3. The van der Waals surface area contributed by atoms with Crippen LogP contribution >= 0.6 is 0 Å². The van der Waals surface area contributed by atoms with Gasteiger partial charge in [0.25, 0.3) is 0 Å². The second kappa shape index (κ2) is 12.9. The minimum atomic E-state index is 0.369. The molecule has 11 rings (SSSR count).